The van der Waals surface area contributed by atoms with Gasteiger partial charge in [0, 0.05) is 4.88 Å². The largest absolute Gasteiger partial charge is 0.306 e. The Morgan fingerprint density at radius 3 is 2.58 bits per heavy atom. The molecule has 1 unspecified atom stereocenters. The second-order valence-corrected chi connectivity index (χ2v) is 6.00. The van der Waals surface area contributed by atoms with Crippen molar-refractivity contribution in [3.8, 4) is 0 Å². The lowest BCUT2D eigenvalue weighted by Gasteiger charge is -2.18. The maximum atomic E-state index is 13.8. The second kappa shape index (κ2) is 6.31. The Hall–Kier alpha value is -1.19. The van der Waals surface area contributed by atoms with Crippen molar-refractivity contribution in [1.29, 1.82) is 0 Å². The number of aryl methyl sites for hydroxylation is 2. The third-order valence-electron chi connectivity index (χ3n) is 3.21. The lowest BCUT2D eigenvalue weighted by Crippen LogP contribution is -2.23. The molecule has 0 radical (unpaired) electrons. The van der Waals surface area contributed by atoms with Crippen LogP contribution in [0.15, 0.2) is 29.6 Å². The first-order valence-corrected chi connectivity index (χ1v) is 7.54. The molecule has 0 saturated heterocycles. The summed E-state index contributed by atoms with van der Waals surface area (Å²) in [5.41, 5.74) is 2.91. The van der Waals surface area contributed by atoms with Crippen molar-refractivity contribution in [3.63, 3.8) is 0 Å². The highest BCUT2D eigenvalue weighted by molar-refractivity contribution is 7.10. The molecule has 19 heavy (non-hydrogen) atoms. The minimum Gasteiger partial charge on any atom is -0.306 e. The molecule has 0 bridgehead atoms. The van der Waals surface area contributed by atoms with Crippen LogP contribution in [0.2, 0.25) is 0 Å². The Morgan fingerprint density at radius 1 is 1.21 bits per heavy atom. The van der Waals surface area contributed by atoms with Crippen molar-refractivity contribution in [2.24, 2.45) is 0 Å². The molecule has 102 valence electrons. The minimum atomic E-state index is -0.132. The highest BCUT2D eigenvalue weighted by Crippen LogP contribution is 2.27. The summed E-state index contributed by atoms with van der Waals surface area (Å²) in [6.07, 6.45) is 1.06. The highest BCUT2D eigenvalue weighted by Gasteiger charge is 2.15. The average Bonchev–Trinajstić information content (AvgIpc) is 2.80. The lowest BCUT2D eigenvalue weighted by molar-refractivity contribution is 0.583. The zero-order valence-electron chi connectivity index (χ0n) is 11.7. The van der Waals surface area contributed by atoms with Crippen LogP contribution in [-0.4, -0.2) is 6.54 Å². The van der Waals surface area contributed by atoms with Crippen LogP contribution in [0.5, 0.6) is 0 Å². The molecule has 0 fully saturated rings. The molecule has 1 nitrogen and oxygen atoms in total. The molecule has 0 amide bonds. The zero-order chi connectivity index (χ0) is 13.8. The van der Waals surface area contributed by atoms with Gasteiger partial charge in [-0.1, -0.05) is 19.1 Å². The van der Waals surface area contributed by atoms with Crippen molar-refractivity contribution in [3.05, 3.63) is 57.0 Å². The standard InChI is InChI=1S/C16H20FNS/c1-4-7-18-16(14-8-12(3)19-10-14)13-6-5-11(2)15(17)9-13/h5-6,8-10,16,18H,4,7H2,1-3H3. The van der Waals surface area contributed by atoms with Crippen molar-refractivity contribution < 1.29 is 4.39 Å². The highest BCUT2D eigenvalue weighted by atomic mass is 32.1. The van der Waals surface area contributed by atoms with Crippen LogP contribution < -0.4 is 5.32 Å². The van der Waals surface area contributed by atoms with Gasteiger partial charge in [-0.05, 0) is 61.0 Å². The predicted molar refractivity (Wildman–Crippen MR) is 80.3 cm³/mol. The Morgan fingerprint density at radius 2 is 2.00 bits per heavy atom. The fourth-order valence-electron chi connectivity index (χ4n) is 2.12. The number of benzene rings is 1. The van der Waals surface area contributed by atoms with E-state index in [4.69, 9.17) is 0 Å². The SMILES string of the molecule is CCCNC(c1csc(C)c1)c1ccc(C)c(F)c1. The van der Waals surface area contributed by atoms with E-state index in [0.717, 1.165) is 18.5 Å². The van der Waals surface area contributed by atoms with E-state index in [9.17, 15) is 4.39 Å². The van der Waals surface area contributed by atoms with Crippen LogP contribution in [0, 0.1) is 19.7 Å². The topological polar surface area (TPSA) is 12.0 Å². The first-order valence-electron chi connectivity index (χ1n) is 6.66. The molecule has 2 rings (SSSR count). The molecule has 0 spiro atoms. The molecule has 0 aliphatic carbocycles. The van der Waals surface area contributed by atoms with Gasteiger partial charge >= 0.3 is 0 Å². The second-order valence-electron chi connectivity index (χ2n) is 4.89. The Bertz CT molecular complexity index is 547. The minimum absolute atomic E-state index is 0.0833. The summed E-state index contributed by atoms with van der Waals surface area (Å²) in [7, 11) is 0. The zero-order valence-corrected chi connectivity index (χ0v) is 12.5. The van der Waals surface area contributed by atoms with Crippen molar-refractivity contribution >= 4 is 11.3 Å². The number of rotatable bonds is 5. The maximum absolute atomic E-state index is 13.8. The predicted octanol–water partition coefficient (Wildman–Crippen LogP) is 4.59. The molecule has 3 heteroatoms. The van der Waals surface area contributed by atoms with Gasteiger partial charge in [0.2, 0.25) is 0 Å². The molecular weight excluding hydrogens is 257 g/mol. The summed E-state index contributed by atoms with van der Waals surface area (Å²) in [4.78, 5) is 1.28. The Kier molecular flexibility index (Phi) is 4.72. The van der Waals surface area contributed by atoms with Gasteiger partial charge in [-0.2, -0.15) is 0 Å². The van der Waals surface area contributed by atoms with Crippen LogP contribution in [-0.2, 0) is 0 Å². The van der Waals surface area contributed by atoms with E-state index in [2.05, 4.69) is 30.6 Å². The molecule has 1 N–H and O–H groups in total. The number of hydrogen-bond donors (Lipinski definition) is 1. The molecular formula is C16H20FNS. The van der Waals surface area contributed by atoms with E-state index in [-0.39, 0.29) is 11.9 Å². The molecule has 2 aromatic rings. The van der Waals surface area contributed by atoms with Gasteiger partial charge in [0.1, 0.15) is 5.82 Å². The Balaban J connectivity index is 2.33. The summed E-state index contributed by atoms with van der Waals surface area (Å²) in [5.74, 6) is -0.132. The number of thiophene rings is 1. The van der Waals surface area contributed by atoms with E-state index in [1.54, 1.807) is 24.3 Å². The molecule has 1 aromatic heterocycles. The molecule has 0 aliphatic rings. The first kappa shape index (κ1) is 14.2. The Labute approximate surface area is 118 Å². The quantitative estimate of drug-likeness (QED) is 0.842. The molecule has 1 aromatic carbocycles. The van der Waals surface area contributed by atoms with Gasteiger partial charge < -0.3 is 5.32 Å². The van der Waals surface area contributed by atoms with E-state index in [1.807, 2.05) is 12.1 Å². The molecule has 0 aliphatic heterocycles. The van der Waals surface area contributed by atoms with Gasteiger partial charge in [0.25, 0.3) is 0 Å². The van der Waals surface area contributed by atoms with E-state index in [0.29, 0.717) is 5.56 Å². The van der Waals surface area contributed by atoms with Gasteiger partial charge in [0.15, 0.2) is 0 Å². The van der Waals surface area contributed by atoms with Crippen LogP contribution >= 0.6 is 11.3 Å². The first-order chi connectivity index (χ1) is 9.11. The summed E-state index contributed by atoms with van der Waals surface area (Å²) in [6, 6.07) is 7.77. The van der Waals surface area contributed by atoms with Gasteiger partial charge in [-0.25, -0.2) is 4.39 Å². The monoisotopic (exact) mass is 277 g/mol. The molecule has 1 heterocycles. The van der Waals surface area contributed by atoms with Crippen molar-refractivity contribution in [2.75, 3.05) is 6.54 Å². The van der Waals surface area contributed by atoms with Gasteiger partial charge in [-0.3, -0.25) is 0 Å². The van der Waals surface area contributed by atoms with Crippen LogP contribution in [0.1, 0.15) is 41.0 Å². The van der Waals surface area contributed by atoms with E-state index in [1.165, 1.54) is 10.4 Å². The van der Waals surface area contributed by atoms with E-state index >= 15 is 0 Å². The smallest absolute Gasteiger partial charge is 0.126 e. The lowest BCUT2D eigenvalue weighted by atomic mass is 9.99. The summed E-state index contributed by atoms with van der Waals surface area (Å²) in [5, 5.41) is 5.66. The fourth-order valence-corrected chi connectivity index (χ4v) is 2.85. The number of halogens is 1. The third-order valence-corrected chi connectivity index (χ3v) is 4.09. The van der Waals surface area contributed by atoms with Gasteiger partial charge in [-0.15, -0.1) is 11.3 Å². The van der Waals surface area contributed by atoms with Gasteiger partial charge in [0.05, 0.1) is 6.04 Å². The van der Waals surface area contributed by atoms with Crippen LogP contribution in [0.25, 0.3) is 0 Å². The summed E-state index contributed by atoms with van der Waals surface area (Å²) < 4.78 is 13.8. The van der Waals surface area contributed by atoms with Crippen LogP contribution in [0.3, 0.4) is 0 Å². The normalized spacial score (nSPS) is 12.6. The fraction of sp³-hybridized carbons (Fsp3) is 0.375. The van der Waals surface area contributed by atoms with Crippen LogP contribution in [0.4, 0.5) is 4.39 Å². The number of hydrogen-bond acceptors (Lipinski definition) is 2. The summed E-state index contributed by atoms with van der Waals surface area (Å²) in [6.45, 7) is 6.96. The van der Waals surface area contributed by atoms with Crippen molar-refractivity contribution in [2.45, 2.75) is 33.2 Å². The third kappa shape index (κ3) is 3.43. The molecule has 0 saturated carbocycles. The maximum Gasteiger partial charge on any atom is 0.126 e. The molecule has 1 atom stereocenters. The van der Waals surface area contributed by atoms with Crippen molar-refractivity contribution in [1.82, 2.24) is 5.32 Å². The number of nitrogens with one attached hydrogen (secondary N) is 1. The summed E-state index contributed by atoms with van der Waals surface area (Å²) >= 11 is 1.73. The average molecular weight is 277 g/mol. The van der Waals surface area contributed by atoms with E-state index < -0.39 is 0 Å².